The fraction of sp³-hybridized carbons (Fsp3) is 0.923. The van der Waals surface area contributed by atoms with Gasteiger partial charge in [-0.2, -0.15) is 0 Å². The summed E-state index contributed by atoms with van der Waals surface area (Å²) in [5, 5.41) is 8.46. The van der Waals surface area contributed by atoms with E-state index in [-0.39, 0.29) is 19.0 Å². The van der Waals surface area contributed by atoms with Gasteiger partial charge in [0.2, 0.25) is 0 Å². The monoisotopic (exact) mass is 294 g/mol. The van der Waals surface area contributed by atoms with Crippen LogP contribution in [0.4, 0.5) is 0 Å². The molecule has 0 unspecified atom stereocenters. The predicted octanol–water partition coefficient (Wildman–Crippen LogP) is -0.00170. The Morgan fingerprint density at radius 1 is 0.800 bits per heavy atom. The number of carbonyl (C=O) groups is 1. The first-order valence-electron chi connectivity index (χ1n) is 6.88. The lowest BCUT2D eigenvalue weighted by molar-refractivity contribution is -0.144. The summed E-state index contributed by atoms with van der Waals surface area (Å²) in [5.74, 6) is -0.245. The van der Waals surface area contributed by atoms with E-state index >= 15 is 0 Å². The summed E-state index contributed by atoms with van der Waals surface area (Å²) in [6, 6.07) is 0. The van der Waals surface area contributed by atoms with E-state index in [4.69, 9.17) is 28.8 Å². The van der Waals surface area contributed by atoms with Crippen molar-refractivity contribution in [3.8, 4) is 0 Å². The van der Waals surface area contributed by atoms with Crippen LogP contribution in [0.5, 0.6) is 0 Å². The minimum absolute atomic E-state index is 0.0271. The van der Waals surface area contributed by atoms with E-state index in [1.807, 2.05) is 0 Å². The van der Waals surface area contributed by atoms with Crippen LogP contribution in [0.1, 0.15) is 13.3 Å². The average Bonchev–Trinajstić information content (AvgIpc) is 2.44. The Kier molecular flexibility index (Phi) is 15.7. The van der Waals surface area contributed by atoms with E-state index in [1.165, 1.54) is 0 Å². The molecule has 120 valence electrons. The van der Waals surface area contributed by atoms with Crippen LogP contribution < -0.4 is 0 Å². The van der Waals surface area contributed by atoms with Gasteiger partial charge in [-0.3, -0.25) is 4.79 Å². The van der Waals surface area contributed by atoms with Gasteiger partial charge in [0.1, 0.15) is 0 Å². The quantitative estimate of drug-likeness (QED) is 0.336. The minimum Gasteiger partial charge on any atom is -0.466 e. The number of hydrogen-bond acceptors (Lipinski definition) is 7. The molecule has 7 nitrogen and oxygen atoms in total. The van der Waals surface area contributed by atoms with Crippen LogP contribution in [-0.4, -0.2) is 77.1 Å². The SMILES string of the molecule is CCOC(=O)CCOCCOCCOCCOCCO. The third kappa shape index (κ3) is 15.3. The van der Waals surface area contributed by atoms with Gasteiger partial charge in [-0.15, -0.1) is 0 Å². The Labute approximate surface area is 120 Å². The molecule has 0 radical (unpaired) electrons. The van der Waals surface area contributed by atoms with Crippen LogP contribution in [0.2, 0.25) is 0 Å². The lowest BCUT2D eigenvalue weighted by atomic mass is 10.5. The first-order valence-corrected chi connectivity index (χ1v) is 6.88. The zero-order valence-corrected chi connectivity index (χ0v) is 12.2. The Morgan fingerprint density at radius 2 is 1.25 bits per heavy atom. The van der Waals surface area contributed by atoms with Crippen molar-refractivity contribution in [1.29, 1.82) is 0 Å². The third-order valence-corrected chi connectivity index (χ3v) is 2.11. The summed E-state index contributed by atoms with van der Waals surface area (Å²) >= 11 is 0. The maximum Gasteiger partial charge on any atom is 0.308 e. The van der Waals surface area contributed by atoms with Crippen LogP contribution in [0.25, 0.3) is 0 Å². The summed E-state index contributed by atoms with van der Waals surface area (Å²) in [4.78, 5) is 11.0. The van der Waals surface area contributed by atoms with Crippen molar-refractivity contribution in [3.63, 3.8) is 0 Å². The molecule has 0 fully saturated rings. The standard InChI is InChI=1S/C13H26O7/c1-2-20-13(15)3-5-16-7-9-18-11-12-19-10-8-17-6-4-14/h14H,2-12H2,1H3. The van der Waals surface area contributed by atoms with Gasteiger partial charge in [0, 0.05) is 0 Å². The van der Waals surface area contributed by atoms with Gasteiger partial charge in [-0.1, -0.05) is 0 Å². The van der Waals surface area contributed by atoms with Crippen LogP contribution >= 0.6 is 0 Å². The van der Waals surface area contributed by atoms with E-state index in [9.17, 15) is 4.79 Å². The van der Waals surface area contributed by atoms with E-state index < -0.39 is 0 Å². The second-order valence-electron chi connectivity index (χ2n) is 3.73. The molecule has 0 rings (SSSR count). The predicted molar refractivity (Wildman–Crippen MR) is 71.6 cm³/mol. The zero-order chi connectivity index (χ0) is 14.9. The van der Waals surface area contributed by atoms with Crippen LogP contribution in [0, 0.1) is 0 Å². The molecule has 1 N–H and O–H groups in total. The topological polar surface area (TPSA) is 83.5 Å². The Hall–Kier alpha value is -0.730. The molecule has 20 heavy (non-hydrogen) atoms. The maximum absolute atomic E-state index is 11.0. The van der Waals surface area contributed by atoms with Crippen molar-refractivity contribution >= 4 is 5.97 Å². The lowest BCUT2D eigenvalue weighted by Gasteiger charge is -2.07. The molecule has 0 aliphatic carbocycles. The number of aliphatic hydroxyl groups excluding tert-OH is 1. The molecule has 0 bridgehead atoms. The zero-order valence-electron chi connectivity index (χ0n) is 12.2. The second kappa shape index (κ2) is 16.3. The first kappa shape index (κ1) is 19.3. The van der Waals surface area contributed by atoms with Crippen molar-refractivity contribution in [3.05, 3.63) is 0 Å². The van der Waals surface area contributed by atoms with Crippen molar-refractivity contribution < 1.29 is 33.6 Å². The molecule has 0 amide bonds. The fourth-order valence-corrected chi connectivity index (χ4v) is 1.22. The molecule has 0 saturated carbocycles. The molecule has 0 aromatic heterocycles. The van der Waals surface area contributed by atoms with Gasteiger partial charge in [-0.25, -0.2) is 0 Å². The smallest absolute Gasteiger partial charge is 0.308 e. The normalized spacial score (nSPS) is 10.7. The van der Waals surface area contributed by atoms with E-state index in [0.717, 1.165) is 0 Å². The summed E-state index contributed by atoms with van der Waals surface area (Å²) in [5.41, 5.74) is 0. The molecule has 7 heteroatoms. The van der Waals surface area contributed by atoms with Gasteiger partial charge < -0.3 is 28.8 Å². The van der Waals surface area contributed by atoms with Gasteiger partial charge >= 0.3 is 5.97 Å². The molecule has 0 aromatic carbocycles. The Balaban J connectivity index is 3.01. The van der Waals surface area contributed by atoms with Crippen LogP contribution in [0.3, 0.4) is 0 Å². The molecule has 0 aliphatic heterocycles. The summed E-state index contributed by atoms with van der Waals surface area (Å²) in [6.45, 7) is 5.72. The highest BCUT2D eigenvalue weighted by Gasteiger charge is 2.00. The minimum atomic E-state index is -0.245. The third-order valence-electron chi connectivity index (χ3n) is 2.11. The van der Waals surface area contributed by atoms with Crippen molar-refractivity contribution in [2.75, 3.05) is 66.1 Å². The number of hydrogen-bond donors (Lipinski definition) is 1. The van der Waals surface area contributed by atoms with E-state index in [1.54, 1.807) is 6.92 Å². The molecule has 0 aromatic rings. The van der Waals surface area contributed by atoms with Crippen LogP contribution in [0.15, 0.2) is 0 Å². The summed E-state index contributed by atoms with van der Waals surface area (Å²) in [6.07, 6.45) is 0.269. The van der Waals surface area contributed by atoms with Crippen molar-refractivity contribution in [2.45, 2.75) is 13.3 Å². The molecule has 0 saturated heterocycles. The second-order valence-corrected chi connectivity index (χ2v) is 3.73. The Bertz CT molecular complexity index is 211. The molecule has 0 spiro atoms. The van der Waals surface area contributed by atoms with Gasteiger partial charge in [0.25, 0.3) is 0 Å². The van der Waals surface area contributed by atoms with E-state index in [0.29, 0.717) is 59.5 Å². The van der Waals surface area contributed by atoms with Crippen LogP contribution in [-0.2, 0) is 28.5 Å². The highest BCUT2D eigenvalue weighted by Crippen LogP contribution is 1.88. The first-order chi connectivity index (χ1) is 9.81. The molecular weight excluding hydrogens is 268 g/mol. The maximum atomic E-state index is 11.0. The number of aliphatic hydroxyl groups is 1. The number of esters is 1. The van der Waals surface area contributed by atoms with Crippen molar-refractivity contribution in [2.24, 2.45) is 0 Å². The van der Waals surface area contributed by atoms with Gasteiger partial charge in [-0.05, 0) is 6.92 Å². The molecule has 0 heterocycles. The van der Waals surface area contributed by atoms with Crippen molar-refractivity contribution in [1.82, 2.24) is 0 Å². The lowest BCUT2D eigenvalue weighted by Crippen LogP contribution is -2.13. The molecule has 0 aliphatic rings. The fourth-order valence-electron chi connectivity index (χ4n) is 1.22. The molecular formula is C13H26O7. The summed E-state index contributed by atoms with van der Waals surface area (Å²) in [7, 11) is 0. The number of carbonyl (C=O) groups excluding carboxylic acids is 1. The highest BCUT2D eigenvalue weighted by atomic mass is 16.6. The number of ether oxygens (including phenoxy) is 5. The van der Waals surface area contributed by atoms with Gasteiger partial charge in [0.15, 0.2) is 0 Å². The highest BCUT2D eigenvalue weighted by molar-refractivity contribution is 5.69. The summed E-state index contributed by atoms with van der Waals surface area (Å²) < 4.78 is 25.5. The average molecular weight is 294 g/mol. The number of rotatable bonds is 15. The van der Waals surface area contributed by atoms with E-state index in [2.05, 4.69) is 0 Å². The Morgan fingerprint density at radius 3 is 1.70 bits per heavy atom. The van der Waals surface area contributed by atoms with Gasteiger partial charge in [0.05, 0.1) is 72.5 Å². The largest absolute Gasteiger partial charge is 0.466 e. The molecule has 0 atom stereocenters.